The van der Waals surface area contributed by atoms with Gasteiger partial charge in [-0.25, -0.2) is 0 Å². The summed E-state index contributed by atoms with van der Waals surface area (Å²) < 4.78 is 5.66. The largest absolute Gasteiger partial charge is 0.399 e. The van der Waals surface area contributed by atoms with E-state index in [0.717, 1.165) is 24.4 Å². The second kappa shape index (κ2) is 4.21. The van der Waals surface area contributed by atoms with E-state index in [1.165, 1.54) is 6.42 Å². The number of hydrogen-bond acceptors (Lipinski definition) is 3. The zero-order valence-corrected chi connectivity index (χ0v) is 9.12. The number of benzene rings is 1. The summed E-state index contributed by atoms with van der Waals surface area (Å²) >= 11 is 0. The van der Waals surface area contributed by atoms with Gasteiger partial charge < -0.3 is 15.8 Å². The standard InChI is InChI=1S/C12H18N2O/c1-12(5-6-14-12)9-15-8-10-3-2-4-11(13)7-10/h2-4,7,14H,5-6,8-9,13H2,1H3/t12-/m0/s1. The maximum Gasteiger partial charge on any atom is 0.0718 e. The molecule has 0 spiro atoms. The Labute approximate surface area is 90.6 Å². The molecular formula is C12H18N2O. The van der Waals surface area contributed by atoms with Crippen LogP contribution < -0.4 is 11.1 Å². The van der Waals surface area contributed by atoms with E-state index in [0.29, 0.717) is 6.61 Å². The highest BCUT2D eigenvalue weighted by atomic mass is 16.5. The summed E-state index contributed by atoms with van der Waals surface area (Å²) in [6, 6.07) is 7.83. The zero-order valence-electron chi connectivity index (χ0n) is 9.12. The number of hydrogen-bond donors (Lipinski definition) is 2. The van der Waals surface area contributed by atoms with Crippen LogP contribution in [0.5, 0.6) is 0 Å². The van der Waals surface area contributed by atoms with E-state index in [4.69, 9.17) is 10.5 Å². The lowest BCUT2D eigenvalue weighted by Crippen LogP contribution is -2.57. The maximum atomic E-state index is 5.69. The second-order valence-electron chi connectivity index (χ2n) is 4.48. The molecule has 0 amide bonds. The van der Waals surface area contributed by atoms with Crippen molar-refractivity contribution < 1.29 is 4.74 Å². The lowest BCUT2D eigenvalue weighted by atomic mass is 9.91. The molecule has 1 heterocycles. The molecule has 2 rings (SSSR count). The van der Waals surface area contributed by atoms with Crippen LogP contribution in [-0.4, -0.2) is 18.7 Å². The van der Waals surface area contributed by atoms with Crippen molar-refractivity contribution >= 4 is 5.69 Å². The van der Waals surface area contributed by atoms with Crippen molar-refractivity contribution in [3.8, 4) is 0 Å². The number of ether oxygens (including phenoxy) is 1. The monoisotopic (exact) mass is 206 g/mol. The van der Waals surface area contributed by atoms with E-state index >= 15 is 0 Å². The summed E-state index contributed by atoms with van der Waals surface area (Å²) in [4.78, 5) is 0. The maximum absolute atomic E-state index is 5.69. The van der Waals surface area contributed by atoms with Gasteiger partial charge in [-0.3, -0.25) is 0 Å². The molecule has 82 valence electrons. The molecular weight excluding hydrogens is 188 g/mol. The number of rotatable bonds is 4. The Kier molecular flexibility index (Phi) is 2.93. The quantitative estimate of drug-likeness (QED) is 0.735. The van der Waals surface area contributed by atoms with Crippen LogP contribution >= 0.6 is 0 Å². The number of nitrogens with two attached hydrogens (primary N) is 1. The SMILES string of the molecule is C[C@@]1(COCc2cccc(N)c2)CCN1. The molecule has 1 saturated heterocycles. The van der Waals surface area contributed by atoms with Gasteiger partial charge in [-0.15, -0.1) is 0 Å². The number of nitrogens with one attached hydrogen (secondary N) is 1. The van der Waals surface area contributed by atoms with Gasteiger partial charge in [0.05, 0.1) is 13.2 Å². The van der Waals surface area contributed by atoms with Crippen molar-refractivity contribution in [1.82, 2.24) is 5.32 Å². The van der Waals surface area contributed by atoms with Crippen molar-refractivity contribution in [1.29, 1.82) is 0 Å². The summed E-state index contributed by atoms with van der Waals surface area (Å²) in [6.07, 6.45) is 1.20. The topological polar surface area (TPSA) is 47.3 Å². The van der Waals surface area contributed by atoms with Gasteiger partial charge in [0, 0.05) is 11.2 Å². The normalized spacial score (nSPS) is 24.9. The molecule has 0 saturated carbocycles. The van der Waals surface area contributed by atoms with E-state index < -0.39 is 0 Å². The van der Waals surface area contributed by atoms with Gasteiger partial charge in [0.2, 0.25) is 0 Å². The second-order valence-corrected chi connectivity index (χ2v) is 4.48. The van der Waals surface area contributed by atoms with Crippen molar-refractivity contribution in [3.05, 3.63) is 29.8 Å². The molecule has 1 aliphatic heterocycles. The molecule has 1 aromatic rings. The molecule has 3 nitrogen and oxygen atoms in total. The van der Waals surface area contributed by atoms with Crippen LogP contribution in [0.1, 0.15) is 18.9 Å². The van der Waals surface area contributed by atoms with Crippen LogP contribution in [0.2, 0.25) is 0 Å². The first-order valence-electron chi connectivity index (χ1n) is 5.35. The lowest BCUT2D eigenvalue weighted by Gasteiger charge is -2.39. The molecule has 0 unspecified atom stereocenters. The summed E-state index contributed by atoms with van der Waals surface area (Å²) in [5, 5.41) is 3.37. The first-order chi connectivity index (χ1) is 7.18. The van der Waals surface area contributed by atoms with Crippen LogP contribution in [0, 0.1) is 0 Å². The lowest BCUT2D eigenvalue weighted by molar-refractivity contribution is 0.0354. The smallest absolute Gasteiger partial charge is 0.0718 e. The number of nitrogen functional groups attached to an aromatic ring is 1. The fourth-order valence-electron chi connectivity index (χ4n) is 1.75. The molecule has 3 N–H and O–H groups in total. The third-order valence-corrected chi connectivity index (χ3v) is 2.87. The van der Waals surface area contributed by atoms with Crippen LogP contribution in [-0.2, 0) is 11.3 Å². The molecule has 1 atom stereocenters. The average molecular weight is 206 g/mol. The fourth-order valence-corrected chi connectivity index (χ4v) is 1.75. The van der Waals surface area contributed by atoms with E-state index in [9.17, 15) is 0 Å². The molecule has 0 aromatic heterocycles. The third-order valence-electron chi connectivity index (χ3n) is 2.87. The molecule has 1 aliphatic rings. The Morgan fingerprint density at radius 2 is 2.33 bits per heavy atom. The summed E-state index contributed by atoms with van der Waals surface area (Å²) in [6.45, 7) is 4.71. The van der Waals surface area contributed by atoms with Crippen molar-refractivity contribution in [2.45, 2.75) is 25.5 Å². The van der Waals surface area contributed by atoms with Crippen molar-refractivity contribution in [2.24, 2.45) is 0 Å². The minimum Gasteiger partial charge on any atom is -0.399 e. The Morgan fingerprint density at radius 1 is 1.53 bits per heavy atom. The van der Waals surface area contributed by atoms with Crippen molar-refractivity contribution in [3.63, 3.8) is 0 Å². The molecule has 15 heavy (non-hydrogen) atoms. The van der Waals surface area contributed by atoms with Crippen LogP contribution in [0.3, 0.4) is 0 Å². The molecule has 0 bridgehead atoms. The minimum atomic E-state index is 0.195. The predicted molar refractivity (Wildman–Crippen MR) is 61.5 cm³/mol. The summed E-state index contributed by atoms with van der Waals surface area (Å²) in [7, 11) is 0. The zero-order chi connectivity index (χ0) is 10.7. The fraction of sp³-hybridized carbons (Fsp3) is 0.500. The van der Waals surface area contributed by atoms with E-state index in [1.54, 1.807) is 0 Å². The Hall–Kier alpha value is -1.06. The van der Waals surface area contributed by atoms with Crippen LogP contribution in [0.4, 0.5) is 5.69 Å². The summed E-state index contributed by atoms with van der Waals surface area (Å²) in [5.74, 6) is 0. The summed E-state index contributed by atoms with van der Waals surface area (Å²) in [5.41, 5.74) is 7.81. The van der Waals surface area contributed by atoms with E-state index in [2.05, 4.69) is 12.2 Å². The highest BCUT2D eigenvalue weighted by Crippen LogP contribution is 2.18. The van der Waals surface area contributed by atoms with Crippen LogP contribution in [0.15, 0.2) is 24.3 Å². The van der Waals surface area contributed by atoms with Gasteiger partial charge in [0.25, 0.3) is 0 Å². The van der Waals surface area contributed by atoms with Gasteiger partial charge >= 0.3 is 0 Å². The molecule has 3 heteroatoms. The van der Waals surface area contributed by atoms with Crippen molar-refractivity contribution in [2.75, 3.05) is 18.9 Å². The van der Waals surface area contributed by atoms with Crippen LogP contribution in [0.25, 0.3) is 0 Å². The number of anilines is 1. The molecule has 1 aromatic carbocycles. The molecule has 0 aliphatic carbocycles. The van der Waals surface area contributed by atoms with Gasteiger partial charge in [-0.2, -0.15) is 0 Å². The first kappa shape index (κ1) is 10.5. The molecule has 0 radical (unpaired) electrons. The Bertz CT molecular complexity index is 334. The third kappa shape index (κ3) is 2.70. The Morgan fingerprint density at radius 3 is 2.93 bits per heavy atom. The van der Waals surface area contributed by atoms with Gasteiger partial charge in [0.15, 0.2) is 0 Å². The highest BCUT2D eigenvalue weighted by molar-refractivity contribution is 5.40. The van der Waals surface area contributed by atoms with Gasteiger partial charge in [-0.05, 0) is 37.6 Å². The van der Waals surface area contributed by atoms with Gasteiger partial charge in [0.1, 0.15) is 0 Å². The average Bonchev–Trinajstić information content (AvgIpc) is 2.15. The molecule has 1 fully saturated rings. The van der Waals surface area contributed by atoms with E-state index in [-0.39, 0.29) is 5.54 Å². The minimum absolute atomic E-state index is 0.195. The Balaban J connectivity index is 1.78. The highest BCUT2D eigenvalue weighted by Gasteiger charge is 2.30. The predicted octanol–water partition coefficient (Wildman–Crippen LogP) is 1.54. The van der Waals surface area contributed by atoms with Gasteiger partial charge in [-0.1, -0.05) is 12.1 Å². The first-order valence-corrected chi connectivity index (χ1v) is 5.35. The van der Waals surface area contributed by atoms with E-state index in [1.807, 2.05) is 24.3 Å².